The molecule has 0 heterocycles. The highest BCUT2D eigenvalue weighted by molar-refractivity contribution is 5.40. The minimum atomic E-state index is 0.213. The summed E-state index contributed by atoms with van der Waals surface area (Å²) < 4.78 is 10.6. The second-order valence-corrected chi connectivity index (χ2v) is 23.7. The molecule has 0 unspecified atom stereocenters. The Kier molecular flexibility index (Phi) is 19.8. The molecule has 0 radical (unpaired) electrons. The molecule has 6 aromatic rings. The van der Waals surface area contributed by atoms with Gasteiger partial charge in [0.05, 0.1) is 14.2 Å². The lowest BCUT2D eigenvalue weighted by atomic mass is 9.59. The van der Waals surface area contributed by atoms with Gasteiger partial charge in [-0.1, -0.05) is 221 Å². The SMILES string of the molecule is CC(C)(C)C(Cc1ccccc1)Cc1ccccc1.CC(C)(C)C1CCC(c2ccccc2)(c2ccccc2)CC1.COc1ccc(CC(C)(CCCC(C)(C)C)Cc2ccc(OC)cc2)cc1. The van der Waals surface area contributed by atoms with Crippen LogP contribution < -0.4 is 9.47 Å². The van der Waals surface area contributed by atoms with Crippen molar-refractivity contribution >= 4 is 0 Å². The molecule has 0 amide bonds. The van der Waals surface area contributed by atoms with Crippen molar-refractivity contribution in [2.75, 3.05) is 14.2 Å². The summed E-state index contributed by atoms with van der Waals surface area (Å²) in [5.74, 6) is 3.34. The molecular weight excluding hydrogens is 825 g/mol. The van der Waals surface area contributed by atoms with E-state index in [1.54, 1.807) is 14.2 Å². The standard InChI is InChI=1S/C25H36O2.C22H28.C19H24/c1-24(2,3)16-7-17-25(4,18-20-8-12-22(26-5)13-9-20)19-21-10-14-23(27-6)15-11-21;1-21(2,3)18-14-16-22(17-15-18,19-10-6-4-7-11-19)20-12-8-5-9-13-20;1-19(2,3)18(14-16-10-6-4-7-11-16)15-17-12-8-5-9-13-17/h8-15H,7,16-19H2,1-6H3;4-13,18H,14-17H2,1-3H3;4-13,18H,14-15H2,1-3H3. The molecule has 0 aliphatic heterocycles. The molecule has 0 spiro atoms. The van der Waals surface area contributed by atoms with E-state index in [1.807, 2.05) is 0 Å². The van der Waals surface area contributed by atoms with Gasteiger partial charge in [-0.2, -0.15) is 0 Å². The molecular formula is C66H88O2. The van der Waals surface area contributed by atoms with E-state index >= 15 is 0 Å². The van der Waals surface area contributed by atoms with Crippen molar-refractivity contribution in [2.45, 2.75) is 145 Å². The van der Waals surface area contributed by atoms with Crippen LogP contribution in [0.1, 0.15) is 148 Å². The monoisotopic (exact) mass is 913 g/mol. The summed E-state index contributed by atoms with van der Waals surface area (Å²) in [6.07, 6.45) is 13.4. The number of methoxy groups -OCH3 is 2. The molecule has 0 N–H and O–H groups in total. The molecule has 1 aliphatic carbocycles. The van der Waals surface area contributed by atoms with Crippen molar-refractivity contribution in [1.82, 2.24) is 0 Å². The van der Waals surface area contributed by atoms with Crippen LogP contribution in [0.5, 0.6) is 11.5 Å². The molecule has 2 heteroatoms. The van der Waals surface area contributed by atoms with Gasteiger partial charge < -0.3 is 9.47 Å². The Morgan fingerprint density at radius 2 is 0.824 bits per heavy atom. The lowest BCUT2D eigenvalue weighted by Gasteiger charge is -2.45. The van der Waals surface area contributed by atoms with Crippen LogP contribution in [-0.4, -0.2) is 14.2 Å². The Bertz CT molecular complexity index is 2130. The summed E-state index contributed by atoms with van der Waals surface area (Å²) in [6, 6.07) is 61.1. The fraction of sp³-hybridized carbons (Fsp3) is 0.455. The van der Waals surface area contributed by atoms with Crippen molar-refractivity contribution in [3.05, 3.63) is 203 Å². The summed E-state index contributed by atoms with van der Waals surface area (Å²) in [6.45, 7) is 23.7. The van der Waals surface area contributed by atoms with Gasteiger partial charge in [-0.3, -0.25) is 0 Å². The van der Waals surface area contributed by atoms with Gasteiger partial charge in [-0.15, -0.1) is 0 Å². The van der Waals surface area contributed by atoms with Crippen LogP contribution >= 0.6 is 0 Å². The van der Waals surface area contributed by atoms with E-state index in [1.165, 1.54) is 78.3 Å². The zero-order valence-electron chi connectivity index (χ0n) is 44.4. The molecule has 0 atom stereocenters. The molecule has 0 aromatic heterocycles. The van der Waals surface area contributed by atoms with Gasteiger partial charge in [0.1, 0.15) is 11.5 Å². The number of rotatable bonds is 15. The van der Waals surface area contributed by atoms with E-state index in [4.69, 9.17) is 9.47 Å². The summed E-state index contributed by atoms with van der Waals surface area (Å²) in [7, 11) is 3.44. The highest BCUT2D eigenvalue weighted by atomic mass is 16.5. The number of ether oxygens (including phenoxy) is 2. The summed E-state index contributed by atoms with van der Waals surface area (Å²) in [5.41, 5.74) is 10.2. The van der Waals surface area contributed by atoms with Crippen LogP contribution in [0.25, 0.3) is 0 Å². The average molecular weight is 913 g/mol. The smallest absolute Gasteiger partial charge is 0.118 e. The zero-order valence-corrected chi connectivity index (χ0v) is 44.4. The van der Waals surface area contributed by atoms with E-state index in [0.29, 0.717) is 22.2 Å². The number of benzene rings is 6. The van der Waals surface area contributed by atoms with Crippen LogP contribution in [0.4, 0.5) is 0 Å². The Hall–Kier alpha value is -5.08. The predicted molar refractivity (Wildman–Crippen MR) is 293 cm³/mol. The summed E-state index contributed by atoms with van der Waals surface area (Å²) in [5, 5.41) is 0. The topological polar surface area (TPSA) is 18.5 Å². The maximum Gasteiger partial charge on any atom is 0.118 e. The van der Waals surface area contributed by atoms with Gasteiger partial charge in [-0.25, -0.2) is 0 Å². The first-order chi connectivity index (χ1) is 32.3. The number of hydrogen-bond acceptors (Lipinski definition) is 2. The molecule has 0 saturated heterocycles. The average Bonchev–Trinajstić information content (AvgIpc) is 3.32. The van der Waals surface area contributed by atoms with Crippen molar-refractivity contribution in [1.29, 1.82) is 0 Å². The Balaban J connectivity index is 0.000000194. The second-order valence-electron chi connectivity index (χ2n) is 23.7. The van der Waals surface area contributed by atoms with E-state index in [2.05, 4.69) is 239 Å². The normalized spacial score (nSPS) is 14.2. The zero-order chi connectivity index (χ0) is 49.3. The van der Waals surface area contributed by atoms with Gasteiger partial charge >= 0.3 is 0 Å². The number of hydrogen-bond donors (Lipinski definition) is 0. The fourth-order valence-corrected chi connectivity index (χ4v) is 10.5. The maximum atomic E-state index is 5.31. The molecule has 1 fully saturated rings. The molecule has 2 nitrogen and oxygen atoms in total. The lowest BCUT2D eigenvalue weighted by molar-refractivity contribution is 0.146. The quantitative estimate of drug-likeness (QED) is 0.102. The molecule has 1 saturated carbocycles. The van der Waals surface area contributed by atoms with Crippen LogP contribution in [0.2, 0.25) is 0 Å². The third-order valence-electron chi connectivity index (χ3n) is 14.9. The third kappa shape index (κ3) is 17.2. The van der Waals surface area contributed by atoms with E-state index in [-0.39, 0.29) is 10.8 Å². The first kappa shape index (κ1) is 53.9. The van der Waals surface area contributed by atoms with Gasteiger partial charge in [0.15, 0.2) is 0 Å². The Morgan fingerprint density at radius 1 is 0.456 bits per heavy atom. The Labute approximate surface area is 415 Å². The van der Waals surface area contributed by atoms with Crippen molar-refractivity contribution in [2.24, 2.45) is 33.5 Å². The minimum absolute atomic E-state index is 0.213. The molecule has 364 valence electrons. The summed E-state index contributed by atoms with van der Waals surface area (Å²) in [4.78, 5) is 0. The van der Waals surface area contributed by atoms with Gasteiger partial charge in [-0.05, 0) is 155 Å². The maximum absolute atomic E-state index is 5.31. The van der Waals surface area contributed by atoms with Crippen LogP contribution in [0.15, 0.2) is 170 Å². The Morgan fingerprint density at radius 3 is 1.15 bits per heavy atom. The van der Waals surface area contributed by atoms with E-state index in [0.717, 1.165) is 43.1 Å². The van der Waals surface area contributed by atoms with E-state index in [9.17, 15) is 0 Å². The first-order valence-electron chi connectivity index (χ1n) is 25.8. The molecule has 68 heavy (non-hydrogen) atoms. The van der Waals surface area contributed by atoms with Crippen molar-refractivity contribution < 1.29 is 9.47 Å². The van der Waals surface area contributed by atoms with Crippen molar-refractivity contribution in [3.8, 4) is 11.5 Å². The molecule has 6 aromatic carbocycles. The van der Waals surface area contributed by atoms with Crippen LogP contribution in [-0.2, 0) is 31.1 Å². The highest BCUT2D eigenvalue weighted by Gasteiger charge is 2.41. The lowest BCUT2D eigenvalue weighted by Crippen LogP contribution is -2.36. The van der Waals surface area contributed by atoms with Gasteiger partial charge in [0, 0.05) is 5.41 Å². The fourth-order valence-electron chi connectivity index (χ4n) is 10.5. The largest absolute Gasteiger partial charge is 0.497 e. The summed E-state index contributed by atoms with van der Waals surface area (Å²) >= 11 is 0. The molecule has 1 aliphatic rings. The first-order valence-corrected chi connectivity index (χ1v) is 25.8. The van der Waals surface area contributed by atoms with Gasteiger partial charge in [0.2, 0.25) is 0 Å². The van der Waals surface area contributed by atoms with Crippen LogP contribution in [0.3, 0.4) is 0 Å². The molecule has 7 rings (SSSR count). The van der Waals surface area contributed by atoms with E-state index < -0.39 is 0 Å². The van der Waals surface area contributed by atoms with Gasteiger partial charge in [0.25, 0.3) is 0 Å². The third-order valence-corrected chi connectivity index (χ3v) is 14.9. The van der Waals surface area contributed by atoms with Crippen LogP contribution in [0, 0.1) is 33.5 Å². The minimum Gasteiger partial charge on any atom is -0.497 e. The highest BCUT2D eigenvalue weighted by Crippen LogP contribution is 2.50. The molecule has 0 bridgehead atoms. The second kappa shape index (κ2) is 25.0. The van der Waals surface area contributed by atoms with Crippen molar-refractivity contribution in [3.63, 3.8) is 0 Å². The predicted octanol–water partition coefficient (Wildman–Crippen LogP) is 18.1.